The molecule has 0 aliphatic rings. The van der Waals surface area contributed by atoms with Crippen molar-refractivity contribution in [3.63, 3.8) is 0 Å². The summed E-state index contributed by atoms with van der Waals surface area (Å²) in [4.78, 5) is 3.86. The van der Waals surface area contributed by atoms with Crippen molar-refractivity contribution in [2.24, 2.45) is 10.7 Å². The number of nitrogens with two attached hydrogens (primary N) is 1. The van der Waals surface area contributed by atoms with Crippen LogP contribution >= 0.6 is 0 Å². The van der Waals surface area contributed by atoms with Crippen LogP contribution < -0.4 is 5.73 Å². The number of allylic oxidation sites excluding steroid dienone is 2. The molecule has 10 heavy (non-hydrogen) atoms. The van der Waals surface area contributed by atoms with Crippen LogP contribution in [0.5, 0.6) is 0 Å². The van der Waals surface area contributed by atoms with Crippen molar-refractivity contribution >= 4 is 6.21 Å². The van der Waals surface area contributed by atoms with Crippen molar-refractivity contribution in [1.82, 2.24) is 0 Å². The molecule has 0 spiro atoms. The molecule has 0 radical (unpaired) electrons. The minimum atomic E-state index is 0.553. The van der Waals surface area contributed by atoms with Crippen LogP contribution in [-0.4, -0.2) is 6.21 Å². The van der Waals surface area contributed by atoms with E-state index in [9.17, 15) is 0 Å². The van der Waals surface area contributed by atoms with Gasteiger partial charge in [-0.05, 0) is 18.6 Å². The lowest BCUT2D eigenvalue weighted by molar-refractivity contribution is 1.37. The number of nitrogens with zero attached hydrogens (tertiary/aromatic N) is 1. The fraction of sp³-hybridized carbons (Fsp3) is 0.125. The van der Waals surface area contributed by atoms with Gasteiger partial charge in [0.15, 0.2) is 0 Å². The van der Waals surface area contributed by atoms with E-state index in [4.69, 9.17) is 5.73 Å². The lowest BCUT2D eigenvalue weighted by Crippen LogP contribution is -1.90. The molecule has 0 amide bonds. The highest BCUT2D eigenvalue weighted by Crippen LogP contribution is 1.86. The topological polar surface area (TPSA) is 38.4 Å². The molecular weight excluding hydrogens is 124 g/mol. The van der Waals surface area contributed by atoms with E-state index >= 15 is 0 Å². The molecule has 2 nitrogen and oxygen atoms in total. The number of aliphatic imine (C=N–C) groups is 1. The lowest BCUT2D eigenvalue weighted by Gasteiger charge is -1.85. The highest BCUT2D eigenvalue weighted by atomic mass is 14.7. The monoisotopic (exact) mass is 136 g/mol. The van der Waals surface area contributed by atoms with Gasteiger partial charge in [0.05, 0.1) is 0 Å². The van der Waals surface area contributed by atoms with Gasteiger partial charge in [-0.3, -0.25) is 4.99 Å². The van der Waals surface area contributed by atoms with Crippen molar-refractivity contribution < 1.29 is 0 Å². The molecule has 0 atom stereocenters. The van der Waals surface area contributed by atoms with E-state index in [2.05, 4.69) is 18.2 Å². The van der Waals surface area contributed by atoms with Crippen molar-refractivity contribution in [2.45, 2.75) is 6.92 Å². The van der Waals surface area contributed by atoms with E-state index in [1.165, 1.54) is 12.3 Å². The first-order chi connectivity index (χ1) is 4.66. The third kappa shape index (κ3) is 4.84. The molecule has 0 fully saturated rings. The molecule has 0 aromatic carbocycles. The lowest BCUT2D eigenvalue weighted by atomic mass is 10.4. The summed E-state index contributed by atoms with van der Waals surface area (Å²) in [7, 11) is 0. The maximum absolute atomic E-state index is 5.36. The minimum Gasteiger partial charge on any atom is -0.397 e. The first kappa shape index (κ1) is 8.69. The van der Waals surface area contributed by atoms with E-state index in [1.807, 2.05) is 6.92 Å². The summed E-state index contributed by atoms with van der Waals surface area (Å²) in [5.41, 5.74) is 6.81. The summed E-state index contributed by atoms with van der Waals surface area (Å²) in [5.74, 6) is 0. The smallest absolute Gasteiger partial charge is 0.0497 e. The quantitative estimate of drug-likeness (QED) is 0.464. The predicted octanol–water partition coefficient (Wildman–Crippen LogP) is 1.62. The van der Waals surface area contributed by atoms with Crippen molar-refractivity contribution in [3.8, 4) is 0 Å². The Bertz CT molecular complexity index is 187. The molecule has 54 valence electrons. The van der Waals surface area contributed by atoms with E-state index in [0.29, 0.717) is 5.70 Å². The predicted molar refractivity (Wildman–Crippen MR) is 45.8 cm³/mol. The number of hydrogen-bond donors (Lipinski definition) is 1. The van der Waals surface area contributed by atoms with Crippen LogP contribution in [0.15, 0.2) is 41.7 Å². The average molecular weight is 136 g/mol. The molecule has 2 N–H and O–H groups in total. The summed E-state index contributed by atoms with van der Waals surface area (Å²) in [5, 5.41) is 0. The van der Waals surface area contributed by atoms with Crippen LogP contribution in [0.1, 0.15) is 6.92 Å². The Kier molecular flexibility index (Phi) is 3.96. The van der Waals surface area contributed by atoms with Gasteiger partial charge < -0.3 is 5.73 Å². The standard InChI is InChI=1S/C8H12N2/c1-4-8(9)6-10-5-7(2)3/h4-6H,1-2,9H2,3H3/b8-6+,10-5?. The molecule has 2 heteroatoms. The second-order valence-corrected chi connectivity index (χ2v) is 1.96. The van der Waals surface area contributed by atoms with Gasteiger partial charge in [0.25, 0.3) is 0 Å². The molecule has 0 aliphatic heterocycles. The molecular formula is C8H12N2. The van der Waals surface area contributed by atoms with Crippen molar-refractivity contribution in [2.75, 3.05) is 0 Å². The van der Waals surface area contributed by atoms with Crippen LogP contribution in [0.4, 0.5) is 0 Å². The van der Waals surface area contributed by atoms with Gasteiger partial charge in [-0.15, -0.1) is 0 Å². The zero-order valence-corrected chi connectivity index (χ0v) is 6.17. The first-order valence-corrected chi connectivity index (χ1v) is 2.93. The first-order valence-electron chi connectivity index (χ1n) is 2.93. The Morgan fingerprint density at radius 1 is 1.60 bits per heavy atom. The summed E-state index contributed by atoms with van der Waals surface area (Å²) in [6, 6.07) is 0. The molecule has 0 saturated carbocycles. The maximum Gasteiger partial charge on any atom is 0.0497 e. The summed E-state index contributed by atoms with van der Waals surface area (Å²) in [6.07, 6.45) is 4.70. The van der Waals surface area contributed by atoms with Gasteiger partial charge in [0, 0.05) is 18.1 Å². The van der Waals surface area contributed by atoms with E-state index in [1.54, 1.807) is 6.21 Å². The van der Waals surface area contributed by atoms with Gasteiger partial charge in [0.1, 0.15) is 0 Å². The molecule has 0 bridgehead atoms. The van der Waals surface area contributed by atoms with E-state index in [-0.39, 0.29) is 0 Å². The van der Waals surface area contributed by atoms with Gasteiger partial charge in [-0.25, -0.2) is 0 Å². The van der Waals surface area contributed by atoms with E-state index in [0.717, 1.165) is 5.57 Å². The minimum absolute atomic E-state index is 0.553. The molecule has 0 aromatic rings. The largest absolute Gasteiger partial charge is 0.397 e. The average Bonchev–Trinajstić information content (AvgIpc) is 1.87. The molecule has 0 aliphatic carbocycles. The second-order valence-electron chi connectivity index (χ2n) is 1.96. The SMILES string of the molecule is C=C/C(N)=C\N=CC(=C)C. The number of rotatable bonds is 3. The Balaban J connectivity index is 3.93. The van der Waals surface area contributed by atoms with Crippen LogP contribution in [0.2, 0.25) is 0 Å². The fourth-order valence-corrected chi connectivity index (χ4v) is 0.303. The summed E-state index contributed by atoms with van der Waals surface area (Å²) in [6.45, 7) is 8.96. The van der Waals surface area contributed by atoms with Crippen LogP contribution in [0.25, 0.3) is 0 Å². The summed E-state index contributed by atoms with van der Waals surface area (Å²) < 4.78 is 0. The van der Waals surface area contributed by atoms with Crippen LogP contribution in [-0.2, 0) is 0 Å². The zero-order chi connectivity index (χ0) is 7.98. The highest BCUT2D eigenvalue weighted by molar-refractivity contribution is 5.77. The fourth-order valence-electron chi connectivity index (χ4n) is 0.303. The van der Waals surface area contributed by atoms with Gasteiger partial charge >= 0.3 is 0 Å². The number of hydrogen-bond acceptors (Lipinski definition) is 2. The van der Waals surface area contributed by atoms with Crippen LogP contribution in [0.3, 0.4) is 0 Å². The van der Waals surface area contributed by atoms with Crippen molar-refractivity contribution in [1.29, 1.82) is 0 Å². The molecule has 0 saturated heterocycles. The summed E-state index contributed by atoms with van der Waals surface area (Å²) >= 11 is 0. The van der Waals surface area contributed by atoms with Crippen LogP contribution in [0, 0.1) is 0 Å². The van der Waals surface area contributed by atoms with Gasteiger partial charge in [0.2, 0.25) is 0 Å². The molecule has 0 aromatic heterocycles. The zero-order valence-electron chi connectivity index (χ0n) is 6.17. The third-order valence-corrected chi connectivity index (χ3v) is 0.754. The van der Waals surface area contributed by atoms with E-state index < -0.39 is 0 Å². The van der Waals surface area contributed by atoms with Gasteiger partial charge in [-0.1, -0.05) is 13.2 Å². The Morgan fingerprint density at radius 3 is 2.60 bits per heavy atom. The Morgan fingerprint density at radius 2 is 2.20 bits per heavy atom. The highest BCUT2D eigenvalue weighted by Gasteiger charge is 1.75. The Labute approximate surface area is 61.5 Å². The molecule has 0 unspecified atom stereocenters. The Hall–Kier alpha value is -1.31. The second kappa shape index (κ2) is 4.56. The van der Waals surface area contributed by atoms with Gasteiger partial charge in [-0.2, -0.15) is 0 Å². The molecule has 0 heterocycles. The maximum atomic E-state index is 5.36. The van der Waals surface area contributed by atoms with Crippen molar-refractivity contribution in [3.05, 3.63) is 36.7 Å². The molecule has 0 rings (SSSR count). The third-order valence-electron chi connectivity index (χ3n) is 0.754. The normalized spacial score (nSPS) is 11.9.